The van der Waals surface area contributed by atoms with E-state index in [1.54, 1.807) is 0 Å². The van der Waals surface area contributed by atoms with Crippen LogP contribution in [0.5, 0.6) is 0 Å². The number of hydrogen-bond acceptors (Lipinski definition) is 14. The first-order valence-electron chi connectivity index (χ1n) is 45.2. The Morgan fingerprint density at radius 1 is 0.261 bits per heavy atom. The minimum atomic E-state index is -4.93. The lowest BCUT2D eigenvalue weighted by Gasteiger charge is -2.21. The van der Waals surface area contributed by atoms with Gasteiger partial charge in [0.1, 0.15) is 25.4 Å². The van der Waals surface area contributed by atoms with Crippen molar-refractivity contribution in [2.75, 3.05) is 39.6 Å². The van der Waals surface area contributed by atoms with E-state index in [0.29, 0.717) is 19.3 Å². The molecule has 644 valence electrons. The van der Waals surface area contributed by atoms with Crippen LogP contribution >= 0.6 is 15.6 Å². The summed E-state index contributed by atoms with van der Waals surface area (Å²) in [6.45, 7) is 2.61. The van der Waals surface area contributed by atoms with Gasteiger partial charge in [0.2, 0.25) is 0 Å². The number of aliphatic hydroxyl groups is 2. The molecular weight excluding hydrogens is 1430 g/mol. The van der Waals surface area contributed by atoms with Crippen molar-refractivity contribution in [2.24, 2.45) is 0 Å². The zero-order valence-electron chi connectivity index (χ0n) is 70.9. The Hall–Kier alpha value is -3.79. The third-order valence-corrected chi connectivity index (χ3v) is 21.4. The Balaban J connectivity index is 4.41. The summed E-state index contributed by atoms with van der Waals surface area (Å²) in [6.07, 6.45) is 103. The molecule has 0 aliphatic heterocycles. The van der Waals surface area contributed by atoms with Crippen molar-refractivity contribution in [3.63, 3.8) is 0 Å². The highest BCUT2D eigenvalue weighted by Crippen LogP contribution is 2.45. The largest absolute Gasteiger partial charge is 0.472 e. The Labute approximate surface area is 679 Å². The van der Waals surface area contributed by atoms with E-state index in [1.165, 1.54) is 218 Å². The van der Waals surface area contributed by atoms with Gasteiger partial charge < -0.3 is 34.2 Å². The van der Waals surface area contributed by atoms with Gasteiger partial charge in [-0.1, -0.05) is 387 Å². The highest BCUT2D eigenvalue weighted by Gasteiger charge is 2.29. The van der Waals surface area contributed by atoms with E-state index in [-0.39, 0.29) is 19.3 Å². The molecule has 0 aliphatic carbocycles. The molecule has 5 unspecified atom stereocenters. The fraction of sp³-hybridized carbons (Fsp3) is 0.774. The topological polar surface area (TPSA) is 231 Å². The number of carbonyl (C=O) groups is 3. The molecule has 0 aromatic rings. The van der Waals surface area contributed by atoms with Gasteiger partial charge in [-0.25, -0.2) is 9.13 Å². The van der Waals surface area contributed by atoms with E-state index < -0.39 is 91.5 Å². The summed E-state index contributed by atoms with van der Waals surface area (Å²) in [5, 5.41) is 20.7. The second kappa shape index (κ2) is 85.6. The molecule has 18 heteroatoms. The number of unbranched alkanes of at least 4 members (excludes halogenated alkanes) is 45. The maximum atomic E-state index is 13.0. The van der Waals surface area contributed by atoms with Crippen LogP contribution in [0.2, 0.25) is 0 Å². The minimum absolute atomic E-state index is 0.107. The van der Waals surface area contributed by atoms with Crippen LogP contribution in [0.4, 0.5) is 0 Å². The first kappa shape index (κ1) is 107. The number of hydrogen-bond donors (Lipinski definition) is 4. The number of phosphoric acid groups is 2. The molecule has 0 saturated heterocycles. The fourth-order valence-electron chi connectivity index (χ4n) is 12.6. The van der Waals surface area contributed by atoms with E-state index >= 15 is 0 Å². The molecule has 0 saturated carbocycles. The number of carbonyl (C=O) groups excluding carboxylic acids is 3. The van der Waals surface area contributed by atoms with Crippen LogP contribution in [0.3, 0.4) is 0 Å². The molecule has 0 aliphatic rings. The molecule has 0 radical (unpaired) electrons. The van der Waals surface area contributed by atoms with Gasteiger partial charge in [-0.15, -0.1) is 0 Å². The maximum Gasteiger partial charge on any atom is 0.472 e. The molecule has 0 rings (SSSR count). The lowest BCUT2D eigenvalue weighted by Crippen LogP contribution is -2.30. The number of rotatable bonds is 86. The Morgan fingerprint density at radius 2 is 0.477 bits per heavy atom. The molecule has 0 amide bonds. The van der Waals surface area contributed by atoms with Crippen molar-refractivity contribution in [3.05, 3.63) is 109 Å². The van der Waals surface area contributed by atoms with Crippen LogP contribution in [-0.4, -0.2) is 95.9 Å². The molecule has 0 bridgehead atoms. The number of aliphatic hydroxyl groups excluding tert-OH is 2. The SMILES string of the molecule is CC/C=C\C/C=C\C/C=C\C/C=C\C/C=C\CCCCCCCCCCCC(=O)OCC(COP(=O)(O)OCC(O)COP(=O)(O)OCC(O)COC(=O)CCCCCCCCCCCCCCCCCCCCC/C=C\C/C=C\C/C=C\C/C=C\CCCCC)OC(=O)CCCCCCCCCCCCCCCCC. The number of phosphoric ester groups is 2. The van der Waals surface area contributed by atoms with E-state index in [0.717, 1.165) is 128 Å². The lowest BCUT2D eigenvalue weighted by molar-refractivity contribution is -0.161. The highest BCUT2D eigenvalue weighted by atomic mass is 31.2. The minimum Gasteiger partial charge on any atom is -0.463 e. The van der Waals surface area contributed by atoms with Gasteiger partial charge in [0.15, 0.2) is 6.10 Å². The Kier molecular flexibility index (Phi) is 82.7. The first-order chi connectivity index (χ1) is 54.2. The third-order valence-electron chi connectivity index (χ3n) is 19.5. The van der Waals surface area contributed by atoms with Crippen LogP contribution in [0, 0.1) is 0 Å². The molecule has 0 aromatic carbocycles. The number of allylic oxidation sites excluding steroid dienone is 18. The predicted octanol–water partition coefficient (Wildman–Crippen LogP) is 27.4. The zero-order chi connectivity index (χ0) is 80.8. The maximum absolute atomic E-state index is 13.0. The van der Waals surface area contributed by atoms with E-state index in [2.05, 4.69) is 130 Å². The van der Waals surface area contributed by atoms with Crippen molar-refractivity contribution in [3.8, 4) is 0 Å². The van der Waals surface area contributed by atoms with Gasteiger partial charge in [-0.3, -0.25) is 32.5 Å². The number of ether oxygens (including phenoxy) is 3. The molecule has 0 fully saturated rings. The summed E-state index contributed by atoms with van der Waals surface area (Å²) in [5.41, 5.74) is 0. The average molecular weight is 1600 g/mol. The fourth-order valence-corrected chi connectivity index (χ4v) is 14.2. The van der Waals surface area contributed by atoms with Crippen molar-refractivity contribution in [1.29, 1.82) is 0 Å². The molecular formula is C93H166O16P2. The predicted molar refractivity (Wildman–Crippen MR) is 464 cm³/mol. The van der Waals surface area contributed by atoms with Gasteiger partial charge in [0.25, 0.3) is 0 Å². The average Bonchev–Trinajstić information content (AvgIpc) is 0.904. The summed E-state index contributed by atoms with van der Waals surface area (Å²) in [4.78, 5) is 58.8. The summed E-state index contributed by atoms with van der Waals surface area (Å²) >= 11 is 0. The Bertz CT molecular complexity index is 2450. The van der Waals surface area contributed by atoms with Crippen LogP contribution in [0.25, 0.3) is 0 Å². The standard InChI is InChI=1S/C93H166O16P2/c1-4-7-10-13-16-19-22-25-28-30-32-34-36-38-39-40-41-42-43-44-45-46-47-49-51-52-54-56-59-61-64-67-70-73-76-79-91(96)103-82-88(94)83-105-110(99,100)106-84-89(95)85-107-111(101,102)108-87-90(109-93(98)81-78-75-72-69-66-63-58-27-24-21-18-15-12-9-6-3)86-104-92(97)80-77-74-71-68-65-62-60-57-55-53-50-48-37-35-33-31-29-26-23-20-17-14-11-8-5-2/h8,11,16-17,19-20,25-26,28-29,32-35,38-39,48,50,88-90,94-95H,4-7,9-10,12-15,18,21-24,27,30-31,36-37,40-47,49,51-87H2,1-3H3,(H,99,100)(H,101,102)/b11-8-,19-16-,20-17-,28-25-,29-26-,34-32-,35-33-,39-38-,50-48-. The molecule has 0 heterocycles. The summed E-state index contributed by atoms with van der Waals surface area (Å²) in [6, 6.07) is 0. The highest BCUT2D eigenvalue weighted by molar-refractivity contribution is 7.47. The normalized spacial score (nSPS) is 14.3. The summed E-state index contributed by atoms with van der Waals surface area (Å²) < 4.78 is 61.4. The first-order valence-corrected chi connectivity index (χ1v) is 48.2. The molecule has 0 aromatic heterocycles. The molecule has 4 N–H and O–H groups in total. The van der Waals surface area contributed by atoms with Crippen LogP contribution in [0.15, 0.2) is 109 Å². The quantitative estimate of drug-likeness (QED) is 0.0146. The van der Waals surface area contributed by atoms with Crippen molar-refractivity contribution in [1.82, 2.24) is 0 Å². The second-order valence-electron chi connectivity index (χ2n) is 30.4. The zero-order valence-corrected chi connectivity index (χ0v) is 72.7. The molecule has 111 heavy (non-hydrogen) atoms. The molecule has 0 spiro atoms. The van der Waals surface area contributed by atoms with E-state index in [4.69, 9.17) is 32.3 Å². The van der Waals surface area contributed by atoms with Gasteiger partial charge in [-0.2, -0.15) is 0 Å². The summed E-state index contributed by atoms with van der Waals surface area (Å²) in [5.74, 6) is -1.56. The number of esters is 3. The molecule has 16 nitrogen and oxygen atoms in total. The van der Waals surface area contributed by atoms with Crippen LogP contribution < -0.4 is 0 Å². The smallest absolute Gasteiger partial charge is 0.463 e. The van der Waals surface area contributed by atoms with Gasteiger partial charge in [0, 0.05) is 19.3 Å². The van der Waals surface area contributed by atoms with Crippen LogP contribution in [0.1, 0.15) is 406 Å². The van der Waals surface area contributed by atoms with Crippen LogP contribution in [-0.2, 0) is 55.8 Å². The van der Waals surface area contributed by atoms with E-state index in [1.807, 2.05) is 0 Å². The van der Waals surface area contributed by atoms with Crippen molar-refractivity contribution >= 4 is 33.6 Å². The monoisotopic (exact) mass is 1600 g/mol. The lowest BCUT2D eigenvalue weighted by atomic mass is 10.0. The van der Waals surface area contributed by atoms with Crippen molar-refractivity contribution in [2.45, 2.75) is 424 Å². The Morgan fingerprint density at radius 3 is 0.775 bits per heavy atom. The second-order valence-corrected chi connectivity index (χ2v) is 33.3. The van der Waals surface area contributed by atoms with Gasteiger partial charge in [0.05, 0.1) is 26.4 Å². The van der Waals surface area contributed by atoms with Gasteiger partial charge in [-0.05, 0) is 109 Å². The van der Waals surface area contributed by atoms with Crippen molar-refractivity contribution < 1.29 is 75.8 Å². The van der Waals surface area contributed by atoms with E-state index in [9.17, 15) is 43.5 Å². The van der Waals surface area contributed by atoms with Gasteiger partial charge >= 0.3 is 33.6 Å². The third kappa shape index (κ3) is 86.9. The summed E-state index contributed by atoms with van der Waals surface area (Å²) in [7, 11) is -9.79. The molecule has 5 atom stereocenters.